The van der Waals surface area contributed by atoms with Crippen LogP contribution in [0.2, 0.25) is 0 Å². The maximum atomic E-state index is 12.3. The SMILES string of the molecule is COc1cc(NC(=O)Nc2ccc3c(c2)oc(=O)n3C(C)C)cc(OC)c1. The standard InChI is InChI=1S/C19H21N3O5/c1-11(2)22-16-6-5-12(9-17(16)27-19(22)24)20-18(23)21-13-7-14(25-3)10-15(8-13)26-4/h5-11H,1-4H3,(H2,20,21,23). The van der Waals surface area contributed by atoms with Crippen molar-refractivity contribution in [1.29, 1.82) is 0 Å². The first-order chi connectivity index (χ1) is 12.9. The second kappa shape index (κ2) is 7.45. The van der Waals surface area contributed by atoms with Gasteiger partial charge in [-0.15, -0.1) is 0 Å². The number of fused-ring (bicyclic) bond motifs is 1. The summed E-state index contributed by atoms with van der Waals surface area (Å²) in [6.07, 6.45) is 0. The van der Waals surface area contributed by atoms with E-state index in [0.29, 0.717) is 34.0 Å². The maximum absolute atomic E-state index is 12.3. The summed E-state index contributed by atoms with van der Waals surface area (Å²) in [6, 6.07) is 9.64. The number of hydrogen-bond acceptors (Lipinski definition) is 5. The third kappa shape index (κ3) is 3.89. The minimum Gasteiger partial charge on any atom is -0.497 e. The zero-order valence-electron chi connectivity index (χ0n) is 15.5. The van der Waals surface area contributed by atoms with Crippen LogP contribution in [0.25, 0.3) is 11.1 Å². The van der Waals surface area contributed by atoms with Crippen molar-refractivity contribution in [2.45, 2.75) is 19.9 Å². The topological polar surface area (TPSA) is 94.7 Å². The van der Waals surface area contributed by atoms with Crippen molar-refractivity contribution in [3.8, 4) is 11.5 Å². The van der Waals surface area contributed by atoms with Gasteiger partial charge in [0.15, 0.2) is 5.58 Å². The number of aromatic nitrogens is 1. The Morgan fingerprint density at radius 1 is 1.00 bits per heavy atom. The first-order valence-corrected chi connectivity index (χ1v) is 8.37. The molecule has 0 unspecified atom stereocenters. The minimum absolute atomic E-state index is 0.0242. The van der Waals surface area contributed by atoms with Crippen LogP contribution in [0.4, 0.5) is 16.2 Å². The minimum atomic E-state index is -0.449. The van der Waals surface area contributed by atoms with Gasteiger partial charge in [0, 0.05) is 41.7 Å². The van der Waals surface area contributed by atoms with Gasteiger partial charge in [-0.3, -0.25) is 4.57 Å². The van der Waals surface area contributed by atoms with Gasteiger partial charge in [0.1, 0.15) is 11.5 Å². The molecule has 3 aromatic rings. The van der Waals surface area contributed by atoms with Crippen LogP contribution in [0.3, 0.4) is 0 Å². The first kappa shape index (κ1) is 18.4. The van der Waals surface area contributed by atoms with E-state index in [1.807, 2.05) is 13.8 Å². The Labute approximate surface area is 155 Å². The van der Waals surface area contributed by atoms with E-state index in [0.717, 1.165) is 0 Å². The molecule has 8 heteroatoms. The Balaban J connectivity index is 1.79. The van der Waals surface area contributed by atoms with Gasteiger partial charge in [-0.05, 0) is 26.0 Å². The van der Waals surface area contributed by atoms with Crippen LogP contribution in [0.5, 0.6) is 11.5 Å². The fourth-order valence-corrected chi connectivity index (χ4v) is 2.78. The Bertz CT molecular complexity index is 1010. The summed E-state index contributed by atoms with van der Waals surface area (Å²) in [5.74, 6) is 0.691. The molecule has 0 aliphatic rings. The number of rotatable bonds is 5. The summed E-state index contributed by atoms with van der Waals surface area (Å²) in [7, 11) is 3.07. The van der Waals surface area contributed by atoms with Gasteiger partial charge in [0.25, 0.3) is 0 Å². The number of anilines is 2. The molecule has 8 nitrogen and oxygen atoms in total. The molecule has 2 amide bonds. The van der Waals surface area contributed by atoms with E-state index in [1.54, 1.807) is 41.0 Å². The van der Waals surface area contributed by atoms with Gasteiger partial charge in [0.05, 0.1) is 19.7 Å². The van der Waals surface area contributed by atoms with Crippen LogP contribution in [-0.4, -0.2) is 24.8 Å². The maximum Gasteiger partial charge on any atom is 0.420 e. The van der Waals surface area contributed by atoms with Gasteiger partial charge >= 0.3 is 11.8 Å². The van der Waals surface area contributed by atoms with E-state index in [4.69, 9.17) is 13.9 Å². The van der Waals surface area contributed by atoms with Gasteiger partial charge in [0.2, 0.25) is 0 Å². The number of nitrogens with zero attached hydrogens (tertiary/aromatic N) is 1. The molecular formula is C19H21N3O5. The molecule has 0 aliphatic heterocycles. The Kier molecular flexibility index (Phi) is 5.07. The molecule has 1 heterocycles. The number of carbonyl (C=O) groups is 1. The summed E-state index contributed by atoms with van der Waals surface area (Å²) in [6.45, 7) is 3.80. The van der Waals surface area contributed by atoms with Crippen LogP contribution in [0.1, 0.15) is 19.9 Å². The van der Waals surface area contributed by atoms with E-state index in [-0.39, 0.29) is 6.04 Å². The molecule has 0 spiro atoms. The summed E-state index contributed by atoms with van der Waals surface area (Å²) < 4.78 is 17.2. The van der Waals surface area contributed by atoms with Crippen molar-refractivity contribution in [3.63, 3.8) is 0 Å². The van der Waals surface area contributed by atoms with E-state index < -0.39 is 11.8 Å². The third-order valence-corrected chi connectivity index (χ3v) is 4.00. The molecule has 2 aromatic carbocycles. The Morgan fingerprint density at radius 2 is 1.63 bits per heavy atom. The third-order valence-electron chi connectivity index (χ3n) is 4.00. The number of carbonyl (C=O) groups excluding carboxylic acids is 1. The number of methoxy groups -OCH3 is 2. The van der Waals surface area contributed by atoms with E-state index >= 15 is 0 Å². The van der Waals surface area contributed by atoms with Gasteiger partial charge in [-0.25, -0.2) is 9.59 Å². The average molecular weight is 371 g/mol. The lowest BCUT2D eigenvalue weighted by molar-refractivity contribution is 0.262. The van der Waals surface area contributed by atoms with Crippen molar-refractivity contribution in [3.05, 3.63) is 46.9 Å². The van der Waals surface area contributed by atoms with Crippen LogP contribution in [0.15, 0.2) is 45.6 Å². The quantitative estimate of drug-likeness (QED) is 0.711. The van der Waals surface area contributed by atoms with Crippen molar-refractivity contribution in [1.82, 2.24) is 4.57 Å². The highest BCUT2D eigenvalue weighted by Gasteiger charge is 2.13. The summed E-state index contributed by atoms with van der Waals surface area (Å²) >= 11 is 0. The molecule has 0 saturated carbocycles. The van der Waals surface area contributed by atoms with Crippen LogP contribution < -0.4 is 25.9 Å². The molecule has 27 heavy (non-hydrogen) atoms. The second-order valence-electron chi connectivity index (χ2n) is 6.19. The second-order valence-corrected chi connectivity index (χ2v) is 6.19. The molecule has 0 aliphatic carbocycles. The van der Waals surface area contributed by atoms with Crippen molar-refractivity contribution in [2.75, 3.05) is 24.9 Å². The molecule has 1 aromatic heterocycles. The highest BCUT2D eigenvalue weighted by atomic mass is 16.5. The van der Waals surface area contributed by atoms with E-state index in [9.17, 15) is 9.59 Å². The number of nitrogens with one attached hydrogen (secondary N) is 2. The molecule has 0 fully saturated rings. The summed E-state index contributed by atoms with van der Waals surface area (Å²) in [4.78, 5) is 24.2. The average Bonchev–Trinajstić information content (AvgIpc) is 2.96. The zero-order chi connectivity index (χ0) is 19.6. The molecule has 0 bridgehead atoms. The van der Waals surface area contributed by atoms with Crippen molar-refractivity contribution in [2.24, 2.45) is 0 Å². The zero-order valence-corrected chi connectivity index (χ0v) is 15.5. The van der Waals surface area contributed by atoms with Gasteiger partial charge < -0.3 is 24.5 Å². The molecule has 0 saturated heterocycles. The van der Waals surface area contributed by atoms with E-state index in [1.165, 1.54) is 14.2 Å². The van der Waals surface area contributed by atoms with Gasteiger partial charge in [-0.1, -0.05) is 0 Å². The summed E-state index contributed by atoms with van der Waals surface area (Å²) in [5.41, 5.74) is 2.11. The van der Waals surface area contributed by atoms with Crippen LogP contribution >= 0.6 is 0 Å². The van der Waals surface area contributed by atoms with E-state index in [2.05, 4.69) is 10.6 Å². The number of benzene rings is 2. The number of amides is 2. The highest BCUT2D eigenvalue weighted by molar-refractivity contribution is 6.00. The van der Waals surface area contributed by atoms with Gasteiger partial charge in [-0.2, -0.15) is 0 Å². The fraction of sp³-hybridized carbons (Fsp3) is 0.263. The molecule has 2 N–H and O–H groups in total. The smallest absolute Gasteiger partial charge is 0.420 e. The van der Waals surface area contributed by atoms with Crippen molar-refractivity contribution < 1.29 is 18.7 Å². The Morgan fingerprint density at radius 3 is 2.22 bits per heavy atom. The monoisotopic (exact) mass is 371 g/mol. The predicted octanol–water partition coefficient (Wildman–Crippen LogP) is 3.84. The lowest BCUT2D eigenvalue weighted by Crippen LogP contribution is -2.19. The lowest BCUT2D eigenvalue weighted by atomic mass is 10.2. The predicted molar refractivity (Wildman–Crippen MR) is 103 cm³/mol. The molecular weight excluding hydrogens is 350 g/mol. The fourth-order valence-electron chi connectivity index (χ4n) is 2.78. The largest absolute Gasteiger partial charge is 0.497 e. The van der Waals surface area contributed by atoms with Crippen LogP contribution in [-0.2, 0) is 0 Å². The highest BCUT2D eigenvalue weighted by Crippen LogP contribution is 2.26. The number of urea groups is 1. The molecule has 0 atom stereocenters. The lowest BCUT2D eigenvalue weighted by Gasteiger charge is -2.11. The van der Waals surface area contributed by atoms with Crippen LogP contribution in [0, 0.1) is 0 Å². The number of oxazole rings is 1. The summed E-state index contributed by atoms with van der Waals surface area (Å²) in [5, 5.41) is 5.43. The Hall–Kier alpha value is -3.42. The molecule has 3 rings (SSSR count). The number of hydrogen-bond donors (Lipinski definition) is 2. The number of ether oxygens (including phenoxy) is 2. The normalized spacial score (nSPS) is 10.9. The van der Waals surface area contributed by atoms with Crippen molar-refractivity contribution >= 4 is 28.5 Å². The molecule has 0 radical (unpaired) electrons. The first-order valence-electron chi connectivity index (χ1n) is 8.37. The molecule has 142 valence electrons.